The zero-order chi connectivity index (χ0) is 16.9. The predicted molar refractivity (Wildman–Crippen MR) is 92.8 cm³/mol. The van der Waals surface area contributed by atoms with E-state index in [4.69, 9.17) is 10.5 Å². The van der Waals surface area contributed by atoms with Crippen LogP contribution in [0.25, 0.3) is 10.9 Å². The van der Waals surface area contributed by atoms with Crippen molar-refractivity contribution >= 4 is 16.8 Å². The zero-order valence-corrected chi connectivity index (χ0v) is 13.8. The number of rotatable bonds is 8. The van der Waals surface area contributed by atoms with Gasteiger partial charge in [0.25, 0.3) is 0 Å². The highest BCUT2D eigenvalue weighted by Gasteiger charge is 2.25. The van der Waals surface area contributed by atoms with Crippen LogP contribution in [0.3, 0.4) is 0 Å². The molecule has 1 heterocycles. The third kappa shape index (κ3) is 4.07. The molecule has 1 aliphatic carbocycles. The summed E-state index contributed by atoms with van der Waals surface area (Å²) in [6, 6.07) is 8.07. The average molecular weight is 331 g/mol. The number of H-pyrrole nitrogens is 1. The maximum atomic E-state index is 11.3. The lowest BCUT2D eigenvalue weighted by Gasteiger charge is -2.29. The minimum Gasteiger partial charge on any atom is -0.490 e. The molecule has 6 heteroatoms. The lowest BCUT2D eigenvalue weighted by atomic mass is 10.2. The van der Waals surface area contributed by atoms with E-state index in [-0.39, 0.29) is 19.1 Å². The summed E-state index contributed by atoms with van der Waals surface area (Å²) in [6.45, 7) is 0.776. The molecule has 0 spiro atoms. The van der Waals surface area contributed by atoms with E-state index in [9.17, 15) is 9.90 Å². The number of primary amides is 1. The standard InChI is InChI=1S/C18H25N3O3/c19-18(23)11-21(13-4-1-2-5-13)10-14(22)12-24-17-7-3-6-16-15(17)8-9-20-16/h3,6-9,13-14,20,22H,1-2,4-5,10-12H2,(H2,19,23). The Balaban J connectivity index is 1.58. The fourth-order valence-corrected chi connectivity index (χ4v) is 3.50. The van der Waals surface area contributed by atoms with Gasteiger partial charge >= 0.3 is 0 Å². The van der Waals surface area contributed by atoms with Crippen molar-refractivity contribution in [3.8, 4) is 5.75 Å². The van der Waals surface area contributed by atoms with Gasteiger partial charge in [-0.1, -0.05) is 18.9 Å². The summed E-state index contributed by atoms with van der Waals surface area (Å²) >= 11 is 0. The number of aromatic nitrogens is 1. The number of aliphatic hydroxyl groups is 1. The summed E-state index contributed by atoms with van der Waals surface area (Å²) in [5.74, 6) is 0.391. The fraction of sp³-hybridized carbons (Fsp3) is 0.500. The van der Waals surface area contributed by atoms with Crippen molar-refractivity contribution in [1.29, 1.82) is 0 Å². The molecule has 24 heavy (non-hydrogen) atoms. The van der Waals surface area contributed by atoms with Crippen LogP contribution in [-0.4, -0.2) is 52.7 Å². The number of benzene rings is 1. The molecule has 0 saturated heterocycles. The Bertz CT molecular complexity index is 679. The molecule has 3 rings (SSSR count). The van der Waals surface area contributed by atoms with Gasteiger partial charge in [0.15, 0.2) is 0 Å². The Kier molecular flexibility index (Phi) is 5.37. The second-order valence-corrected chi connectivity index (χ2v) is 6.49. The average Bonchev–Trinajstić information content (AvgIpc) is 3.23. The number of carbonyl (C=O) groups excluding carboxylic acids is 1. The van der Waals surface area contributed by atoms with Gasteiger partial charge in [-0.25, -0.2) is 0 Å². The molecule has 2 aromatic rings. The third-order valence-electron chi connectivity index (χ3n) is 4.63. The van der Waals surface area contributed by atoms with E-state index in [1.165, 1.54) is 12.8 Å². The number of aliphatic hydroxyl groups excluding tert-OH is 1. The molecule has 6 nitrogen and oxygen atoms in total. The fourth-order valence-electron chi connectivity index (χ4n) is 3.50. The van der Waals surface area contributed by atoms with Crippen LogP contribution in [0, 0.1) is 0 Å². The molecule has 1 fully saturated rings. The van der Waals surface area contributed by atoms with Crippen LogP contribution >= 0.6 is 0 Å². The summed E-state index contributed by atoms with van der Waals surface area (Å²) in [5.41, 5.74) is 6.36. The second-order valence-electron chi connectivity index (χ2n) is 6.49. The quantitative estimate of drug-likeness (QED) is 0.686. The molecule has 1 saturated carbocycles. The number of nitrogens with one attached hydrogen (secondary N) is 1. The van der Waals surface area contributed by atoms with Gasteiger partial charge in [0.1, 0.15) is 18.5 Å². The van der Waals surface area contributed by atoms with Gasteiger partial charge in [0.05, 0.1) is 6.54 Å². The van der Waals surface area contributed by atoms with Crippen LogP contribution in [0.2, 0.25) is 0 Å². The highest BCUT2D eigenvalue weighted by atomic mass is 16.5. The molecule has 0 bridgehead atoms. The van der Waals surface area contributed by atoms with Crippen molar-refractivity contribution in [2.75, 3.05) is 19.7 Å². The van der Waals surface area contributed by atoms with E-state index < -0.39 is 6.10 Å². The molecule has 1 aliphatic rings. The lowest BCUT2D eigenvalue weighted by molar-refractivity contribution is -0.120. The number of fused-ring (bicyclic) bond motifs is 1. The topological polar surface area (TPSA) is 91.6 Å². The molecule has 4 N–H and O–H groups in total. The van der Waals surface area contributed by atoms with E-state index >= 15 is 0 Å². The zero-order valence-electron chi connectivity index (χ0n) is 13.8. The molecule has 0 aliphatic heterocycles. The van der Waals surface area contributed by atoms with Crippen molar-refractivity contribution < 1.29 is 14.6 Å². The van der Waals surface area contributed by atoms with Crippen molar-refractivity contribution in [1.82, 2.24) is 9.88 Å². The van der Waals surface area contributed by atoms with E-state index in [1.807, 2.05) is 35.4 Å². The number of hydrogen-bond acceptors (Lipinski definition) is 4. The number of carbonyl (C=O) groups is 1. The molecule has 1 atom stereocenters. The van der Waals surface area contributed by atoms with Crippen LogP contribution < -0.4 is 10.5 Å². The summed E-state index contributed by atoms with van der Waals surface area (Å²) in [6.07, 6.45) is 5.65. The van der Waals surface area contributed by atoms with Crippen molar-refractivity contribution in [2.24, 2.45) is 5.73 Å². The maximum absolute atomic E-state index is 11.3. The van der Waals surface area contributed by atoms with Gasteiger partial charge in [-0.3, -0.25) is 9.69 Å². The normalized spacial score (nSPS) is 16.8. The molecular formula is C18H25N3O3. The highest BCUT2D eigenvalue weighted by molar-refractivity contribution is 5.85. The van der Waals surface area contributed by atoms with E-state index in [2.05, 4.69) is 4.98 Å². The Morgan fingerprint density at radius 2 is 2.17 bits per heavy atom. The van der Waals surface area contributed by atoms with Crippen LogP contribution in [0.5, 0.6) is 5.75 Å². The lowest BCUT2D eigenvalue weighted by Crippen LogP contribution is -2.45. The first-order chi connectivity index (χ1) is 11.6. The number of aromatic amines is 1. The SMILES string of the molecule is NC(=O)CN(CC(O)COc1cccc2[nH]ccc12)C1CCCC1. The van der Waals surface area contributed by atoms with E-state index in [1.54, 1.807) is 0 Å². The van der Waals surface area contributed by atoms with Gasteiger partial charge in [-0.2, -0.15) is 0 Å². The minimum atomic E-state index is -0.667. The predicted octanol–water partition coefficient (Wildman–Crippen LogP) is 1.64. The number of ether oxygens (including phenoxy) is 1. The molecule has 1 unspecified atom stereocenters. The smallest absolute Gasteiger partial charge is 0.231 e. The highest BCUT2D eigenvalue weighted by Crippen LogP contribution is 2.25. The van der Waals surface area contributed by atoms with Gasteiger partial charge in [-0.05, 0) is 31.0 Å². The van der Waals surface area contributed by atoms with Gasteiger partial charge in [0, 0.05) is 29.7 Å². The van der Waals surface area contributed by atoms with Crippen LogP contribution in [-0.2, 0) is 4.79 Å². The molecular weight excluding hydrogens is 306 g/mol. The number of hydrogen-bond donors (Lipinski definition) is 3. The molecule has 1 aromatic heterocycles. The third-order valence-corrected chi connectivity index (χ3v) is 4.63. The van der Waals surface area contributed by atoms with Crippen molar-refractivity contribution in [2.45, 2.75) is 37.8 Å². The number of amides is 1. The maximum Gasteiger partial charge on any atom is 0.231 e. The Morgan fingerprint density at radius 1 is 1.38 bits per heavy atom. The first kappa shape index (κ1) is 16.8. The second kappa shape index (κ2) is 7.68. The van der Waals surface area contributed by atoms with Gasteiger partial charge < -0.3 is 20.6 Å². The molecule has 130 valence electrons. The summed E-state index contributed by atoms with van der Waals surface area (Å²) in [7, 11) is 0. The Labute approximate surface area is 141 Å². The number of nitrogens with zero attached hydrogens (tertiary/aromatic N) is 1. The Morgan fingerprint density at radius 3 is 2.92 bits per heavy atom. The largest absolute Gasteiger partial charge is 0.490 e. The molecule has 1 aromatic carbocycles. The van der Waals surface area contributed by atoms with Crippen molar-refractivity contribution in [3.05, 3.63) is 30.5 Å². The molecule has 1 amide bonds. The summed E-state index contributed by atoms with van der Waals surface area (Å²) in [4.78, 5) is 16.4. The van der Waals surface area contributed by atoms with Crippen LogP contribution in [0.4, 0.5) is 0 Å². The van der Waals surface area contributed by atoms with Crippen LogP contribution in [0.1, 0.15) is 25.7 Å². The van der Waals surface area contributed by atoms with Crippen molar-refractivity contribution in [3.63, 3.8) is 0 Å². The first-order valence-corrected chi connectivity index (χ1v) is 8.53. The Hall–Kier alpha value is -2.05. The summed E-state index contributed by atoms with van der Waals surface area (Å²) in [5, 5.41) is 11.3. The minimum absolute atomic E-state index is 0.187. The number of nitrogens with two attached hydrogens (primary N) is 1. The first-order valence-electron chi connectivity index (χ1n) is 8.53. The molecule has 0 radical (unpaired) electrons. The van der Waals surface area contributed by atoms with Crippen LogP contribution in [0.15, 0.2) is 30.5 Å². The van der Waals surface area contributed by atoms with E-state index in [0.29, 0.717) is 12.6 Å². The summed E-state index contributed by atoms with van der Waals surface area (Å²) < 4.78 is 5.80. The monoisotopic (exact) mass is 331 g/mol. The van der Waals surface area contributed by atoms with E-state index in [0.717, 1.165) is 29.5 Å². The van der Waals surface area contributed by atoms with Gasteiger partial charge in [-0.15, -0.1) is 0 Å². The van der Waals surface area contributed by atoms with Gasteiger partial charge in [0.2, 0.25) is 5.91 Å².